The normalized spacial score (nSPS) is 12.5. The first-order valence-electron chi connectivity index (χ1n) is 14.6. The first-order valence-corrected chi connectivity index (χ1v) is 16.1. The second kappa shape index (κ2) is 14.7. The van der Waals surface area contributed by atoms with Crippen LogP contribution in [-0.2, 0) is 26.2 Å². The van der Waals surface area contributed by atoms with Crippen LogP contribution in [0.25, 0.3) is 0 Å². The molecule has 0 fully saturated rings. The zero-order chi connectivity index (χ0) is 31.7. The van der Waals surface area contributed by atoms with Gasteiger partial charge in [0.05, 0.1) is 10.6 Å². The monoisotopic (exact) mass is 613 g/mol. The quantitative estimate of drug-likeness (QED) is 0.191. The van der Waals surface area contributed by atoms with E-state index in [4.69, 9.17) is 4.74 Å². The summed E-state index contributed by atoms with van der Waals surface area (Å²) < 4.78 is 35.0. The number of para-hydroxylation sites is 1. The average molecular weight is 614 g/mol. The van der Waals surface area contributed by atoms with Gasteiger partial charge < -0.3 is 15.0 Å². The van der Waals surface area contributed by atoms with Gasteiger partial charge >= 0.3 is 0 Å². The highest BCUT2D eigenvalue weighted by molar-refractivity contribution is 7.92. The predicted molar refractivity (Wildman–Crippen MR) is 173 cm³/mol. The molecule has 0 aromatic heterocycles. The van der Waals surface area contributed by atoms with Gasteiger partial charge in [0.25, 0.3) is 10.0 Å². The van der Waals surface area contributed by atoms with Gasteiger partial charge in [-0.25, -0.2) is 8.42 Å². The molecule has 0 aliphatic heterocycles. The second-order valence-corrected chi connectivity index (χ2v) is 12.6. The maximum absolute atomic E-state index is 14.1. The van der Waals surface area contributed by atoms with E-state index in [9.17, 15) is 18.0 Å². The summed E-state index contributed by atoms with van der Waals surface area (Å²) in [5.41, 5.74) is 2.18. The molecule has 9 heteroatoms. The highest BCUT2D eigenvalue weighted by Gasteiger charge is 2.32. The summed E-state index contributed by atoms with van der Waals surface area (Å²) in [5.74, 6) is 0.335. The molecule has 0 aliphatic carbocycles. The Labute approximate surface area is 260 Å². The topological polar surface area (TPSA) is 96.0 Å². The molecule has 8 nitrogen and oxygen atoms in total. The number of rotatable bonds is 13. The van der Waals surface area contributed by atoms with E-state index in [1.165, 1.54) is 17.0 Å². The summed E-state index contributed by atoms with van der Waals surface area (Å²) in [4.78, 5) is 28.8. The van der Waals surface area contributed by atoms with E-state index in [1.54, 1.807) is 49.4 Å². The van der Waals surface area contributed by atoms with Gasteiger partial charge in [0, 0.05) is 12.6 Å². The molecule has 4 aromatic rings. The summed E-state index contributed by atoms with van der Waals surface area (Å²) >= 11 is 0. The van der Waals surface area contributed by atoms with Crippen LogP contribution in [0.15, 0.2) is 114 Å². The van der Waals surface area contributed by atoms with Gasteiger partial charge in [0.1, 0.15) is 24.1 Å². The third kappa shape index (κ3) is 8.26. The Bertz CT molecular complexity index is 1630. The van der Waals surface area contributed by atoms with E-state index in [0.29, 0.717) is 11.5 Å². The molecule has 4 rings (SSSR count). The van der Waals surface area contributed by atoms with Crippen LogP contribution in [0.4, 0.5) is 5.69 Å². The number of benzene rings is 4. The molecule has 4 aromatic carbocycles. The molecule has 2 amide bonds. The summed E-state index contributed by atoms with van der Waals surface area (Å²) in [7, 11) is -4.16. The van der Waals surface area contributed by atoms with Crippen molar-refractivity contribution in [1.29, 1.82) is 0 Å². The molecule has 230 valence electrons. The number of nitrogens with one attached hydrogen (secondary N) is 1. The van der Waals surface area contributed by atoms with Crippen molar-refractivity contribution >= 4 is 27.5 Å². The van der Waals surface area contributed by atoms with Crippen LogP contribution in [-0.4, -0.2) is 43.8 Å². The zero-order valence-electron chi connectivity index (χ0n) is 25.5. The van der Waals surface area contributed by atoms with E-state index in [1.807, 2.05) is 75.4 Å². The average Bonchev–Trinajstić information content (AvgIpc) is 3.04. The minimum Gasteiger partial charge on any atom is -0.457 e. The molecular formula is C35H39N3O5S. The predicted octanol–water partition coefficient (Wildman–Crippen LogP) is 6.31. The van der Waals surface area contributed by atoms with Crippen LogP contribution in [0.3, 0.4) is 0 Å². The Morgan fingerprint density at radius 1 is 0.795 bits per heavy atom. The third-order valence-corrected chi connectivity index (χ3v) is 9.14. The van der Waals surface area contributed by atoms with E-state index in [-0.39, 0.29) is 29.1 Å². The van der Waals surface area contributed by atoms with E-state index in [2.05, 4.69) is 5.32 Å². The number of hydrogen-bond acceptors (Lipinski definition) is 5. The first-order chi connectivity index (χ1) is 21.1. The number of hydrogen-bond donors (Lipinski definition) is 1. The fraction of sp³-hybridized carbons (Fsp3) is 0.257. The molecule has 0 spiro atoms. The minimum atomic E-state index is -4.16. The van der Waals surface area contributed by atoms with Crippen LogP contribution in [0.2, 0.25) is 0 Å². The molecule has 1 N–H and O–H groups in total. The summed E-state index contributed by atoms with van der Waals surface area (Å²) in [6.45, 7) is 7.12. The van der Waals surface area contributed by atoms with Crippen molar-refractivity contribution in [1.82, 2.24) is 10.2 Å². The summed E-state index contributed by atoms with van der Waals surface area (Å²) in [5, 5.41) is 2.95. The minimum absolute atomic E-state index is 0.0464. The van der Waals surface area contributed by atoms with Gasteiger partial charge in [-0.15, -0.1) is 0 Å². The van der Waals surface area contributed by atoms with Crippen molar-refractivity contribution in [3.8, 4) is 11.5 Å². The van der Waals surface area contributed by atoms with Gasteiger partial charge in [0.2, 0.25) is 11.8 Å². The van der Waals surface area contributed by atoms with Crippen molar-refractivity contribution in [2.75, 3.05) is 10.8 Å². The number of amides is 2. The van der Waals surface area contributed by atoms with Crippen molar-refractivity contribution in [3.63, 3.8) is 0 Å². The summed E-state index contributed by atoms with van der Waals surface area (Å²) in [6, 6.07) is 30.5. The number of carbonyl (C=O) groups excluding carboxylic acids is 2. The second-order valence-electron chi connectivity index (χ2n) is 10.7. The zero-order valence-corrected chi connectivity index (χ0v) is 26.3. The standard InChI is InChI=1S/C35H39N3O5S/c1-5-27(3)36-35(40)28(4)37(24-29-18-16-26(2)17-19-29)34(39)25-38(44(41,42)33-14-10-7-11-15-33)30-20-22-32(23-21-30)43-31-12-8-6-9-13-31/h6-23,27-28H,5,24-25H2,1-4H3,(H,36,40)/t27-,28+/m1/s1. The molecule has 2 atom stereocenters. The Balaban J connectivity index is 1.68. The van der Waals surface area contributed by atoms with Crippen molar-refractivity contribution in [2.24, 2.45) is 0 Å². The van der Waals surface area contributed by atoms with Crippen LogP contribution in [0.5, 0.6) is 11.5 Å². The van der Waals surface area contributed by atoms with Gasteiger partial charge in [-0.2, -0.15) is 0 Å². The molecule has 44 heavy (non-hydrogen) atoms. The highest BCUT2D eigenvalue weighted by atomic mass is 32.2. The Morgan fingerprint density at radius 3 is 1.95 bits per heavy atom. The number of nitrogens with zero attached hydrogens (tertiary/aromatic N) is 2. The number of anilines is 1. The van der Waals surface area contributed by atoms with Gasteiger partial charge in [-0.1, -0.05) is 73.2 Å². The van der Waals surface area contributed by atoms with Crippen LogP contribution >= 0.6 is 0 Å². The molecule has 0 bridgehead atoms. The molecule has 0 unspecified atom stereocenters. The molecule has 0 heterocycles. The Hall–Kier alpha value is -4.63. The fourth-order valence-electron chi connectivity index (χ4n) is 4.49. The smallest absolute Gasteiger partial charge is 0.264 e. The number of ether oxygens (including phenoxy) is 1. The van der Waals surface area contributed by atoms with Gasteiger partial charge in [0.15, 0.2) is 0 Å². The van der Waals surface area contributed by atoms with Crippen LogP contribution < -0.4 is 14.4 Å². The van der Waals surface area contributed by atoms with Crippen LogP contribution in [0.1, 0.15) is 38.3 Å². The van der Waals surface area contributed by atoms with Gasteiger partial charge in [-0.05, 0) is 81.3 Å². The van der Waals surface area contributed by atoms with E-state index in [0.717, 1.165) is 21.9 Å². The highest BCUT2D eigenvalue weighted by Crippen LogP contribution is 2.28. The third-order valence-electron chi connectivity index (χ3n) is 7.36. The summed E-state index contributed by atoms with van der Waals surface area (Å²) in [6.07, 6.45) is 0.734. The van der Waals surface area contributed by atoms with E-state index < -0.39 is 28.5 Å². The Kier molecular flexibility index (Phi) is 10.8. The SMILES string of the molecule is CC[C@@H](C)NC(=O)[C@H](C)N(Cc1ccc(C)cc1)C(=O)CN(c1ccc(Oc2ccccc2)cc1)S(=O)(=O)c1ccccc1. The number of carbonyl (C=O) groups is 2. The maximum Gasteiger partial charge on any atom is 0.264 e. The largest absolute Gasteiger partial charge is 0.457 e. The Morgan fingerprint density at radius 2 is 1.36 bits per heavy atom. The van der Waals surface area contributed by atoms with Gasteiger partial charge in [-0.3, -0.25) is 13.9 Å². The van der Waals surface area contributed by atoms with Crippen molar-refractivity contribution < 1.29 is 22.7 Å². The lowest BCUT2D eigenvalue weighted by molar-refractivity contribution is -0.139. The number of sulfonamides is 1. The van der Waals surface area contributed by atoms with E-state index >= 15 is 0 Å². The maximum atomic E-state index is 14.1. The molecule has 0 saturated heterocycles. The first kappa shape index (κ1) is 32.3. The lowest BCUT2D eigenvalue weighted by Gasteiger charge is -2.32. The molecule has 0 saturated carbocycles. The number of aryl methyl sites for hydroxylation is 1. The lowest BCUT2D eigenvalue weighted by atomic mass is 10.1. The van der Waals surface area contributed by atoms with Crippen molar-refractivity contribution in [3.05, 3.63) is 120 Å². The molecule has 0 aliphatic rings. The lowest BCUT2D eigenvalue weighted by Crippen LogP contribution is -2.52. The molecular weight excluding hydrogens is 574 g/mol. The van der Waals surface area contributed by atoms with Crippen LogP contribution in [0, 0.1) is 6.92 Å². The van der Waals surface area contributed by atoms with Crippen molar-refractivity contribution in [2.45, 2.75) is 57.6 Å². The molecule has 0 radical (unpaired) electrons. The fourth-order valence-corrected chi connectivity index (χ4v) is 5.93.